The van der Waals surface area contributed by atoms with E-state index in [1.54, 1.807) is 13.8 Å². The highest BCUT2D eigenvalue weighted by Crippen LogP contribution is 2.30. The van der Waals surface area contributed by atoms with Gasteiger partial charge in [0.2, 0.25) is 11.5 Å². The molecule has 0 aliphatic rings. The van der Waals surface area contributed by atoms with Gasteiger partial charge < -0.3 is 18.6 Å². The second-order valence-electron chi connectivity index (χ2n) is 11.3. The molecule has 0 aliphatic carbocycles. The molecule has 1 heterocycles. The summed E-state index contributed by atoms with van der Waals surface area (Å²) in [5.74, 6) is 2.47. The average molecular weight is 604 g/mol. The zero-order valence-corrected chi connectivity index (χ0v) is 26.5. The van der Waals surface area contributed by atoms with Crippen molar-refractivity contribution in [3.63, 3.8) is 0 Å². The van der Waals surface area contributed by atoms with E-state index in [-0.39, 0.29) is 12.6 Å². The fraction of sp³-hybridized carbons (Fsp3) is 0.282. The van der Waals surface area contributed by atoms with E-state index in [2.05, 4.69) is 37.3 Å². The third-order valence-electron chi connectivity index (χ3n) is 7.68. The van der Waals surface area contributed by atoms with Crippen molar-refractivity contribution in [3.8, 4) is 34.1 Å². The number of hydrogen-bond donors (Lipinski definition) is 0. The summed E-state index contributed by atoms with van der Waals surface area (Å²) < 4.78 is 24.0. The Hall–Kier alpha value is -4.84. The van der Waals surface area contributed by atoms with Gasteiger partial charge in [0.05, 0.1) is 18.9 Å². The van der Waals surface area contributed by atoms with Gasteiger partial charge in [0.15, 0.2) is 0 Å². The van der Waals surface area contributed by atoms with Crippen LogP contribution >= 0.6 is 0 Å². The molecule has 0 saturated heterocycles. The molecule has 0 fully saturated rings. The van der Waals surface area contributed by atoms with E-state index in [0.29, 0.717) is 31.1 Å². The number of aryl methyl sites for hydroxylation is 2. The van der Waals surface area contributed by atoms with Crippen LogP contribution in [0.3, 0.4) is 0 Å². The minimum absolute atomic E-state index is 0.285. The van der Waals surface area contributed by atoms with E-state index in [1.807, 2.05) is 79.7 Å². The Labute approximate surface area is 266 Å². The number of oxazole rings is 1. The maximum Gasteiger partial charge on any atom is 0.350 e. The first kappa shape index (κ1) is 31.6. The van der Waals surface area contributed by atoms with Gasteiger partial charge >= 0.3 is 5.97 Å². The van der Waals surface area contributed by atoms with Crippen molar-refractivity contribution in [2.45, 2.75) is 59.0 Å². The fourth-order valence-electron chi connectivity index (χ4n) is 5.42. The number of nitrogens with zero attached hydrogens (tertiary/aromatic N) is 1. The number of ether oxygens (including phenoxy) is 3. The second kappa shape index (κ2) is 14.8. The highest BCUT2D eigenvalue weighted by atomic mass is 16.6. The van der Waals surface area contributed by atoms with Crippen LogP contribution in [-0.2, 0) is 28.8 Å². The molecule has 6 heteroatoms. The van der Waals surface area contributed by atoms with Crippen LogP contribution in [0.15, 0.2) is 108 Å². The molecule has 0 bridgehead atoms. The molecule has 1 unspecified atom stereocenters. The average Bonchev–Trinajstić information content (AvgIpc) is 3.43. The van der Waals surface area contributed by atoms with Gasteiger partial charge in [0.25, 0.3) is 0 Å². The van der Waals surface area contributed by atoms with Crippen LogP contribution in [0.25, 0.3) is 22.6 Å². The Morgan fingerprint density at radius 2 is 1.53 bits per heavy atom. The van der Waals surface area contributed by atoms with E-state index in [4.69, 9.17) is 23.6 Å². The summed E-state index contributed by atoms with van der Waals surface area (Å²) in [6, 6.07) is 34.0. The van der Waals surface area contributed by atoms with E-state index in [0.717, 1.165) is 57.9 Å². The Bertz CT molecular complexity index is 1700. The second-order valence-corrected chi connectivity index (χ2v) is 11.3. The van der Waals surface area contributed by atoms with E-state index < -0.39 is 5.60 Å². The molecule has 0 amide bonds. The van der Waals surface area contributed by atoms with Crippen LogP contribution in [0.2, 0.25) is 0 Å². The van der Waals surface area contributed by atoms with Crippen molar-refractivity contribution in [3.05, 3.63) is 126 Å². The van der Waals surface area contributed by atoms with Crippen LogP contribution in [-0.4, -0.2) is 29.8 Å². The summed E-state index contributed by atoms with van der Waals surface area (Å²) in [4.78, 5) is 17.9. The normalized spacial score (nSPS) is 12.4. The number of carbonyl (C=O) groups is 1. The van der Waals surface area contributed by atoms with Crippen molar-refractivity contribution in [2.24, 2.45) is 0 Å². The summed E-state index contributed by atoms with van der Waals surface area (Å²) in [5, 5.41) is 0. The molecule has 45 heavy (non-hydrogen) atoms. The third kappa shape index (κ3) is 8.01. The van der Waals surface area contributed by atoms with Gasteiger partial charge in [-0.15, -0.1) is 0 Å². The molecule has 0 radical (unpaired) electrons. The van der Waals surface area contributed by atoms with E-state index in [1.165, 1.54) is 0 Å². The van der Waals surface area contributed by atoms with Gasteiger partial charge in [-0.1, -0.05) is 86.1 Å². The maximum atomic E-state index is 13.0. The van der Waals surface area contributed by atoms with Gasteiger partial charge in [0.1, 0.15) is 17.3 Å². The van der Waals surface area contributed by atoms with Crippen LogP contribution < -0.4 is 9.47 Å². The van der Waals surface area contributed by atoms with Gasteiger partial charge in [-0.2, -0.15) is 0 Å². The van der Waals surface area contributed by atoms with Gasteiger partial charge in [0, 0.05) is 18.4 Å². The largest absolute Gasteiger partial charge is 0.493 e. The molecule has 0 saturated carbocycles. The molecule has 5 rings (SSSR count). The lowest BCUT2D eigenvalue weighted by Gasteiger charge is -2.29. The molecule has 6 nitrogen and oxygen atoms in total. The zero-order valence-electron chi connectivity index (χ0n) is 26.5. The molecule has 5 aromatic rings. The Morgan fingerprint density at radius 3 is 2.27 bits per heavy atom. The minimum atomic E-state index is -1.17. The van der Waals surface area contributed by atoms with Crippen molar-refractivity contribution < 1.29 is 23.4 Å². The predicted molar refractivity (Wildman–Crippen MR) is 178 cm³/mol. The predicted octanol–water partition coefficient (Wildman–Crippen LogP) is 8.83. The lowest BCUT2D eigenvalue weighted by molar-refractivity contribution is -0.160. The molecular weight excluding hydrogens is 562 g/mol. The first-order valence-electron chi connectivity index (χ1n) is 15.7. The Kier molecular flexibility index (Phi) is 10.4. The van der Waals surface area contributed by atoms with Crippen LogP contribution in [0.5, 0.6) is 11.5 Å². The van der Waals surface area contributed by atoms with Crippen LogP contribution in [0.1, 0.15) is 49.8 Å². The first-order chi connectivity index (χ1) is 21.9. The summed E-state index contributed by atoms with van der Waals surface area (Å²) >= 11 is 0. The van der Waals surface area contributed by atoms with Gasteiger partial charge in [-0.3, -0.25) is 0 Å². The number of para-hydroxylation sites is 1. The number of aromatic nitrogens is 1. The lowest BCUT2D eigenvalue weighted by atomic mass is 9.94. The molecule has 1 atom stereocenters. The number of benzene rings is 4. The molecular formula is C39H41NO5. The molecule has 0 aliphatic heterocycles. The first-order valence-corrected chi connectivity index (χ1v) is 15.7. The van der Waals surface area contributed by atoms with E-state index >= 15 is 0 Å². The highest BCUT2D eigenvalue weighted by Gasteiger charge is 2.38. The van der Waals surface area contributed by atoms with Crippen molar-refractivity contribution in [1.29, 1.82) is 0 Å². The number of hydrogen-bond acceptors (Lipinski definition) is 6. The summed E-state index contributed by atoms with van der Waals surface area (Å²) in [6.45, 7) is 8.43. The van der Waals surface area contributed by atoms with Crippen molar-refractivity contribution in [1.82, 2.24) is 4.98 Å². The van der Waals surface area contributed by atoms with E-state index in [9.17, 15) is 4.79 Å². The standard InChI is InChI=1S/C39H41NO5/c1-5-14-32-25-29(27-39(4,38(41)42-6-2)45-34-19-11-8-12-20-34)21-22-36(32)43-24-23-35-28(3)44-37(40-35)33-18-13-17-31(26-33)30-15-9-7-10-16-30/h7-13,15-22,25-26H,5-6,14,23-24,27H2,1-4H3. The summed E-state index contributed by atoms with van der Waals surface area (Å²) in [5.41, 5.74) is 4.99. The smallest absolute Gasteiger partial charge is 0.350 e. The minimum Gasteiger partial charge on any atom is -0.493 e. The molecule has 232 valence electrons. The SMILES string of the molecule is CCCc1cc(CC(C)(Oc2ccccc2)C(=O)OCC)ccc1OCCc1nc(-c2cccc(-c3ccccc3)c2)oc1C. The van der Waals surface area contributed by atoms with Crippen LogP contribution in [0.4, 0.5) is 0 Å². The number of esters is 1. The summed E-state index contributed by atoms with van der Waals surface area (Å²) in [6.07, 6.45) is 2.80. The topological polar surface area (TPSA) is 70.8 Å². The molecule has 1 aromatic heterocycles. The molecule has 0 N–H and O–H groups in total. The monoisotopic (exact) mass is 603 g/mol. The Balaban J connectivity index is 1.27. The number of rotatable bonds is 14. The highest BCUT2D eigenvalue weighted by molar-refractivity contribution is 5.80. The van der Waals surface area contributed by atoms with Crippen molar-refractivity contribution in [2.75, 3.05) is 13.2 Å². The lowest BCUT2D eigenvalue weighted by Crippen LogP contribution is -2.45. The van der Waals surface area contributed by atoms with Crippen molar-refractivity contribution >= 4 is 5.97 Å². The molecule has 4 aromatic carbocycles. The quantitative estimate of drug-likeness (QED) is 0.118. The molecule has 0 spiro atoms. The zero-order chi connectivity index (χ0) is 31.6. The third-order valence-corrected chi connectivity index (χ3v) is 7.68. The summed E-state index contributed by atoms with van der Waals surface area (Å²) in [7, 11) is 0. The van der Waals surface area contributed by atoms with Gasteiger partial charge in [-0.25, -0.2) is 9.78 Å². The fourth-order valence-corrected chi connectivity index (χ4v) is 5.42. The maximum absolute atomic E-state index is 13.0. The number of carbonyl (C=O) groups excluding carboxylic acids is 1. The van der Waals surface area contributed by atoms with Gasteiger partial charge in [-0.05, 0) is 79.8 Å². The van der Waals surface area contributed by atoms with Crippen LogP contribution in [0, 0.1) is 6.92 Å². The Morgan fingerprint density at radius 1 is 0.822 bits per heavy atom.